The number of amides is 1. The van der Waals surface area contributed by atoms with Crippen molar-refractivity contribution in [3.63, 3.8) is 0 Å². The van der Waals surface area contributed by atoms with Crippen molar-refractivity contribution in [1.29, 1.82) is 0 Å². The highest BCUT2D eigenvalue weighted by Crippen LogP contribution is 2.46. The molecular weight excluding hydrogens is 396 g/mol. The second-order valence-corrected chi connectivity index (χ2v) is 9.14. The number of ether oxygens (including phenoxy) is 1. The lowest BCUT2D eigenvalue weighted by molar-refractivity contribution is -0.140. The fourth-order valence-corrected chi connectivity index (χ4v) is 5.14. The van der Waals surface area contributed by atoms with Gasteiger partial charge in [0.25, 0.3) is 0 Å². The summed E-state index contributed by atoms with van der Waals surface area (Å²) in [4.78, 5) is 16.5. The van der Waals surface area contributed by atoms with E-state index in [1.807, 2.05) is 29.2 Å². The highest BCUT2D eigenvalue weighted by Gasteiger charge is 2.48. The number of aliphatic hydroxyl groups excluding tert-OH is 1. The molecule has 2 aromatic rings. The summed E-state index contributed by atoms with van der Waals surface area (Å²) in [7, 11) is 1.63. The molecule has 0 radical (unpaired) electrons. The van der Waals surface area contributed by atoms with Gasteiger partial charge in [-0.05, 0) is 49.5 Å². The SMILES string of the molecule is COc1cccc(-n2nnc(C3CCN(C(=O)[C@@H]4C[C@@H](O)C5(CCC5)CN4)CC3)n2)c1. The number of carbonyl (C=O) groups is 1. The van der Waals surface area contributed by atoms with Crippen LogP contribution in [0.3, 0.4) is 0 Å². The van der Waals surface area contributed by atoms with E-state index in [9.17, 15) is 9.90 Å². The lowest BCUT2D eigenvalue weighted by Crippen LogP contribution is -2.61. The molecule has 3 fully saturated rings. The molecule has 1 amide bonds. The van der Waals surface area contributed by atoms with E-state index >= 15 is 0 Å². The molecule has 2 saturated heterocycles. The zero-order valence-corrected chi connectivity index (χ0v) is 17.9. The molecule has 0 bridgehead atoms. The maximum atomic E-state index is 13.0. The van der Waals surface area contributed by atoms with E-state index in [2.05, 4.69) is 20.7 Å². The summed E-state index contributed by atoms with van der Waals surface area (Å²) in [5, 5.41) is 27.0. The first-order chi connectivity index (χ1) is 15.1. The number of methoxy groups -OCH3 is 1. The molecule has 0 unspecified atom stereocenters. The molecule has 1 aliphatic carbocycles. The number of hydrogen-bond donors (Lipinski definition) is 2. The number of nitrogens with zero attached hydrogens (tertiary/aromatic N) is 5. The number of carbonyl (C=O) groups excluding carboxylic acids is 1. The van der Waals surface area contributed by atoms with Crippen LogP contribution in [0.15, 0.2) is 24.3 Å². The van der Waals surface area contributed by atoms with Crippen LogP contribution < -0.4 is 10.1 Å². The van der Waals surface area contributed by atoms with Gasteiger partial charge in [0.1, 0.15) is 5.75 Å². The van der Waals surface area contributed by atoms with Gasteiger partial charge in [-0.3, -0.25) is 4.79 Å². The topological polar surface area (TPSA) is 105 Å². The number of aromatic nitrogens is 4. The van der Waals surface area contributed by atoms with E-state index in [4.69, 9.17) is 4.74 Å². The van der Waals surface area contributed by atoms with Gasteiger partial charge in [-0.15, -0.1) is 15.0 Å². The smallest absolute Gasteiger partial charge is 0.239 e. The van der Waals surface area contributed by atoms with E-state index in [-0.39, 0.29) is 29.4 Å². The third kappa shape index (κ3) is 3.80. The van der Waals surface area contributed by atoms with Crippen molar-refractivity contribution in [1.82, 2.24) is 30.4 Å². The Morgan fingerprint density at radius 1 is 1.29 bits per heavy atom. The second-order valence-electron chi connectivity index (χ2n) is 9.14. The Bertz CT molecular complexity index is 935. The molecule has 2 aliphatic heterocycles. The first-order valence-electron chi connectivity index (χ1n) is 11.2. The van der Waals surface area contributed by atoms with Crippen molar-refractivity contribution in [3.8, 4) is 11.4 Å². The van der Waals surface area contributed by atoms with Crippen LogP contribution in [0.2, 0.25) is 0 Å². The highest BCUT2D eigenvalue weighted by molar-refractivity contribution is 5.82. The lowest BCUT2D eigenvalue weighted by Gasteiger charge is -2.50. The van der Waals surface area contributed by atoms with Gasteiger partial charge >= 0.3 is 0 Å². The minimum atomic E-state index is -0.371. The molecule has 3 heterocycles. The van der Waals surface area contributed by atoms with E-state index in [0.29, 0.717) is 25.3 Å². The summed E-state index contributed by atoms with van der Waals surface area (Å²) in [6.45, 7) is 2.10. The lowest BCUT2D eigenvalue weighted by atomic mass is 9.62. The summed E-state index contributed by atoms with van der Waals surface area (Å²) >= 11 is 0. The Kier molecular flexibility index (Phi) is 5.39. The number of aliphatic hydroxyl groups is 1. The molecule has 2 N–H and O–H groups in total. The maximum Gasteiger partial charge on any atom is 0.239 e. The number of tetrazole rings is 1. The van der Waals surface area contributed by atoms with Gasteiger partial charge in [-0.1, -0.05) is 12.5 Å². The highest BCUT2D eigenvalue weighted by atomic mass is 16.5. The van der Waals surface area contributed by atoms with Crippen molar-refractivity contribution in [2.75, 3.05) is 26.7 Å². The molecule has 9 nitrogen and oxygen atoms in total. The quantitative estimate of drug-likeness (QED) is 0.758. The number of hydrogen-bond acceptors (Lipinski definition) is 7. The summed E-state index contributed by atoms with van der Waals surface area (Å²) in [5.41, 5.74) is 0.821. The maximum absolute atomic E-state index is 13.0. The van der Waals surface area contributed by atoms with Gasteiger partial charge in [0, 0.05) is 37.0 Å². The fraction of sp³-hybridized carbons (Fsp3) is 0.636. The van der Waals surface area contributed by atoms with E-state index in [1.54, 1.807) is 7.11 Å². The number of rotatable bonds is 4. The first kappa shape index (κ1) is 20.4. The molecule has 1 saturated carbocycles. The van der Waals surface area contributed by atoms with Gasteiger partial charge < -0.3 is 20.1 Å². The summed E-state index contributed by atoms with van der Waals surface area (Å²) < 4.78 is 5.26. The Morgan fingerprint density at radius 3 is 2.77 bits per heavy atom. The predicted octanol–water partition coefficient (Wildman–Crippen LogP) is 1.27. The van der Waals surface area contributed by atoms with Gasteiger partial charge in [0.2, 0.25) is 5.91 Å². The molecule has 1 aromatic heterocycles. The molecule has 1 aromatic carbocycles. The van der Waals surface area contributed by atoms with Crippen LogP contribution in [0.5, 0.6) is 5.75 Å². The Morgan fingerprint density at radius 2 is 2.10 bits per heavy atom. The van der Waals surface area contributed by atoms with E-state index in [0.717, 1.165) is 43.7 Å². The van der Waals surface area contributed by atoms with Crippen LogP contribution in [-0.4, -0.2) is 75.0 Å². The molecular formula is C22H30N6O3. The number of piperidine rings is 2. The number of nitrogens with one attached hydrogen (secondary N) is 1. The van der Waals surface area contributed by atoms with E-state index in [1.165, 1.54) is 11.2 Å². The third-order valence-corrected chi connectivity index (χ3v) is 7.40. The average molecular weight is 427 g/mol. The van der Waals surface area contributed by atoms with Gasteiger partial charge in [-0.25, -0.2) is 0 Å². The Balaban J connectivity index is 1.17. The zero-order chi connectivity index (χ0) is 21.4. The summed E-state index contributed by atoms with van der Waals surface area (Å²) in [6.07, 6.45) is 5.10. The van der Waals surface area contributed by atoms with Gasteiger partial charge in [-0.2, -0.15) is 0 Å². The van der Waals surface area contributed by atoms with Crippen LogP contribution >= 0.6 is 0 Å². The Hall–Kier alpha value is -2.52. The molecule has 1 spiro atoms. The van der Waals surface area contributed by atoms with Crippen molar-refractivity contribution in [3.05, 3.63) is 30.1 Å². The van der Waals surface area contributed by atoms with Crippen LogP contribution in [0.1, 0.15) is 50.3 Å². The zero-order valence-electron chi connectivity index (χ0n) is 17.9. The van der Waals surface area contributed by atoms with Gasteiger partial charge in [0.05, 0.1) is 24.9 Å². The molecule has 3 aliphatic rings. The minimum absolute atomic E-state index is 0.0179. The fourth-order valence-electron chi connectivity index (χ4n) is 5.14. The third-order valence-electron chi connectivity index (χ3n) is 7.40. The van der Waals surface area contributed by atoms with Gasteiger partial charge in [0.15, 0.2) is 5.82 Å². The van der Waals surface area contributed by atoms with Crippen molar-refractivity contribution >= 4 is 5.91 Å². The summed E-state index contributed by atoms with van der Waals surface area (Å²) in [6, 6.07) is 7.27. The van der Waals surface area contributed by atoms with Crippen molar-refractivity contribution < 1.29 is 14.6 Å². The normalized spacial score (nSPS) is 25.9. The molecule has 166 valence electrons. The van der Waals surface area contributed by atoms with Crippen LogP contribution in [0.4, 0.5) is 0 Å². The number of benzene rings is 1. The van der Waals surface area contributed by atoms with Crippen molar-refractivity contribution in [2.45, 2.75) is 56.6 Å². The van der Waals surface area contributed by atoms with Crippen molar-refractivity contribution in [2.24, 2.45) is 5.41 Å². The standard InChI is InChI=1S/C22H30N6O3/c1-31-17-5-2-4-16(12-17)28-25-20(24-26-28)15-6-10-27(11-7-15)21(30)18-13-19(29)22(14-23-18)8-3-9-22/h2,4-5,12,15,18-19,23,29H,3,6-11,13-14H2,1H3/t18-,19+/m0/s1. The average Bonchev–Trinajstić information content (AvgIpc) is 3.28. The Labute approximate surface area is 181 Å². The monoisotopic (exact) mass is 426 g/mol. The largest absolute Gasteiger partial charge is 0.497 e. The first-order valence-corrected chi connectivity index (χ1v) is 11.2. The second kappa shape index (κ2) is 8.20. The van der Waals surface area contributed by atoms with Crippen LogP contribution in [0, 0.1) is 5.41 Å². The minimum Gasteiger partial charge on any atom is -0.497 e. The molecule has 31 heavy (non-hydrogen) atoms. The molecule has 2 atom stereocenters. The van der Waals surface area contributed by atoms with Crippen LogP contribution in [0.25, 0.3) is 5.69 Å². The van der Waals surface area contributed by atoms with Crippen LogP contribution in [-0.2, 0) is 4.79 Å². The number of likely N-dealkylation sites (tertiary alicyclic amines) is 1. The molecule has 5 rings (SSSR count). The predicted molar refractivity (Wildman–Crippen MR) is 113 cm³/mol. The molecule has 9 heteroatoms. The summed E-state index contributed by atoms with van der Waals surface area (Å²) in [5.74, 6) is 1.76. The van der Waals surface area contributed by atoms with E-state index < -0.39 is 0 Å².